The Morgan fingerprint density at radius 3 is 2.66 bits per heavy atom. The highest BCUT2D eigenvalue weighted by atomic mass is 32.1. The number of anilines is 1. The fourth-order valence-electron chi connectivity index (χ4n) is 2.83. The van der Waals surface area contributed by atoms with Gasteiger partial charge in [-0.1, -0.05) is 0 Å². The third-order valence-corrected chi connectivity index (χ3v) is 5.55. The van der Waals surface area contributed by atoms with Crippen molar-refractivity contribution in [2.45, 2.75) is 32.3 Å². The zero-order chi connectivity index (χ0) is 21.1. The van der Waals surface area contributed by atoms with E-state index < -0.39 is 53.6 Å². The molecule has 1 heterocycles. The Labute approximate surface area is 168 Å². The molecule has 1 atom stereocenters. The van der Waals surface area contributed by atoms with Gasteiger partial charge >= 0.3 is 5.97 Å². The number of aryl methyl sites for hydroxylation is 2. The van der Waals surface area contributed by atoms with Gasteiger partial charge in [0.15, 0.2) is 23.6 Å². The van der Waals surface area contributed by atoms with E-state index in [1.165, 1.54) is 18.3 Å². The van der Waals surface area contributed by atoms with Gasteiger partial charge in [-0.3, -0.25) is 9.59 Å². The average molecular weight is 426 g/mol. The maximum atomic E-state index is 13.5. The standard InChI is InChI=1S/C19H17F3N2O4S/c1-9(28-19(27)14-7-10-3-2-4-13(10)29-14)18(26)23-8-15(25)24-12-6-5-11(20)16(21)17(12)22/h5-7,9H,2-4,8H2,1H3,(H,23,26)(H,24,25)/t9-/m0/s1. The van der Waals surface area contributed by atoms with Crippen LogP contribution in [0, 0.1) is 17.5 Å². The molecule has 0 spiro atoms. The molecule has 2 amide bonds. The van der Waals surface area contributed by atoms with Crippen LogP contribution in [-0.4, -0.2) is 30.4 Å². The first kappa shape index (κ1) is 20.8. The number of hydrogen-bond donors (Lipinski definition) is 2. The number of amides is 2. The zero-order valence-electron chi connectivity index (χ0n) is 15.3. The maximum absolute atomic E-state index is 13.5. The second-order valence-electron chi connectivity index (χ2n) is 6.45. The van der Waals surface area contributed by atoms with Gasteiger partial charge < -0.3 is 15.4 Å². The summed E-state index contributed by atoms with van der Waals surface area (Å²) < 4.78 is 44.7. The molecule has 1 aliphatic carbocycles. The summed E-state index contributed by atoms with van der Waals surface area (Å²) in [5.41, 5.74) is 0.563. The Balaban J connectivity index is 1.48. The van der Waals surface area contributed by atoms with E-state index in [1.807, 2.05) is 5.32 Å². The van der Waals surface area contributed by atoms with Crippen molar-refractivity contribution in [1.29, 1.82) is 0 Å². The van der Waals surface area contributed by atoms with Gasteiger partial charge in [-0.05, 0) is 49.9 Å². The number of esters is 1. The van der Waals surface area contributed by atoms with E-state index in [0.29, 0.717) is 10.9 Å². The zero-order valence-corrected chi connectivity index (χ0v) is 16.1. The van der Waals surface area contributed by atoms with Gasteiger partial charge in [-0.25, -0.2) is 18.0 Å². The quantitative estimate of drug-likeness (QED) is 0.550. The molecule has 2 aromatic rings. The first-order valence-corrected chi connectivity index (χ1v) is 9.61. The van der Waals surface area contributed by atoms with Gasteiger partial charge in [0.1, 0.15) is 4.88 Å². The van der Waals surface area contributed by atoms with Gasteiger partial charge in [-0.15, -0.1) is 11.3 Å². The smallest absolute Gasteiger partial charge is 0.349 e. The number of nitrogens with one attached hydrogen (secondary N) is 2. The summed E-state index contributed by atoms with van der Waals surface area (Å²) in [6.45, 7) is 0.772. The van der Waals surface area contributed by atoms with Crippen molar-refractivity contribution in [3.05, 3.63) is 51.0 Å². The predicted molar refractivity (Wildman–Crippen MR) is 99.2 cm³/mol. The van der Waals surface area contributed by atoms with Crippen LogP contribution in [0.15, 0.2) is 18.2 Å². The van der Waals surface area contributed by atoms with Crippen LogP contribution in [0.5, 0.6) is 0 Å². The van der Waals surface area contributed by atoms with E-state index in [9.17, 15) is 27.6 Å². The van der Waals surface area contributed by atoms with Crippen LogP contribution in [0.4, 0.5) is 18.9 Å². The molecule has 0 unspecified atom stereocenters. The fourth-order valence-corrected chi connectivity index (χ4v) is 3.97. The van der Waals surface area contributed by atoms with E-state index >= 15 is 0 Å². The van der Waals surface area contributed by atoms with Gasteiger partial charge in [0.2, 0.25) is 5.91 Å². The largest absolute Gasteiger partial charge is 0.448 e. The third-order valence-electron chi connectivity index (χ3n) is 4.33. The van der Waals surface area contributed by atoms with E-state index in [-0.39, 0.29) is 0 Å². The highest BCUT2D eigenvalue weighted by molar-refractivity contribution is 7.14. The van der Waals surface area contributed by atoms with Crippen LogP contribution in [-0.2, 0) is 27.2 Å². The number of benzene rings is 1. The van der Waals surface area contributed by atoms with Crippen molar-refractivity contribution in [2.24, 2.45) is 0 Å². The molecule has 0 radical (unpaired) electrons. The molecule has 1 aromatic carbocycles. The monoisotopic (exact) mass is 426 g/mol. The molecule has 3 rings (SSSR count). The van der Waals surface area contributed by atoms with Crippen molar-refractivity contribution in [2.75, 3.05) is 11.9 Å². The molecular formula is C19H17F3N2O4S. The van der Waals surface area contributed by atoms with Crippen molar-refractivity contribution >= 4 is 34.8 Å². The molecule has 29 heavy (non-hydrogen) atoms. The van der Waals surface area contributed by atoms with Crippen LogP contribution in [0.2, 0.25) is 0 Å². The van der Waals surface area contributed by atoms with E-state index in [4.69, 9.17) is 4.74 Å². The molecule has 6 nitrogen and oxygen atoms in total. The summed E-state index contributed by atoms with van der Waals surface area (Å²) in [5, 5.41) is 4.25. The molecule has 10 heteroatoms. The Hall–Kier alpha value is -2.88. The van der Waals surface area contributed by atoms with E-state index in [2.05, 4.69) is 5.32 Å². The third kappa shape index (κ3) is 4.76. The number of rotatable bonds is 6. The number of ether oxygens (including phenoxy) is 1. The Bertz CT molecular complexity index is 955. The first-order chi connectivity index (χ1) is 13.8. The lowest BCUT2D eigenvalue weighted by atomic mass is 10.2. The van der Waals surface area contributed by atoms with Gasteiger partial charge in [0.05, 0.1) is 12.2 Å². The second kappa shape index (κ2) is 8.64. The summed E-state index contributed by atoms with van der Waals surface area (Å²) in [6.07, 6.45) is 1.75. The summed E-state index contributed by atoms with van der Waals surface area (Å²) in [5.74, 6) is -6.87. The second-order valence-corrected chi connectivity index (χ2v) is 7.59. The van der Waals surface area contributed by atoms with Crippen LogP contribution in [0.3, 0.4) is 0 Å². The minimum atomic E-state index is -1.72. The number of carbonyl (C=O) groups excluding carboxylic acids is 3. The van der Waals surface area contributed by atoms with E-state index in [1.54, 1.807) is 6.07 Å². The lowest BCUT2D eigenvalue weighted by Gasteiger charge is -2.13. The Kier molecular flexibility index (Phi) is 6.21. The molecule has 0 bridgehead atoms. The lowest BCUT2D eigenvalue weighted by molar-refractivity contribution is -0.130. The van der Waals surface area contributed by atoms with Crippen LogP contribution >= 0.6 is 11.3 Å². The highest BCUT2D eigenvalue weighted by Crippen LogP contribution is 2.31. The molecule has 1 aromatic heterocycles. The molecule has 2 N–H and O–H groups in total. The lowest BCUT2D eigenvalue weighted by Crippen LogP contribution is -2.40. The SMILES string of the molecule is C[C@H](OC(=O)c1cc2c(s1)CCC2)C(=O)NCC(=O)Nc1ccc(F)c(F)c1F. The number of hydrogen-bond acceptors (Lipinski definition) is 5. The van der Waals surface area contributed by atoms with Crippen molar-refractivity contribution in [3.8, 4) is 0 Å². The summed E-state index contributed by atoms with van der Waals surface area (Å²) >= 11 is 1.34. The molecule has 0 fully saturated rings. The number of fused-ring (bicyclic) bond motifs is 1. The first-order valence-electron chi connectivity index (χ1n) is 8.80. The number of halogens is 3. The summed E-state index contributed by atoms with van der Waals surface area (Å²) in [4.78, 5) is 37.5. The van der Waals surface area contributed by atoms with Crippen molar-refractivity contribution < 1.29 is 32.3 Å². The molecule has 154 valence electrons. The summed E-state index contributed by atoms with van der Waals surface area (Å²) in [7, 11) is 0. The summed E-state index contributed by atoms with van der Waals surface area (Å²) in [6, 6.07) is 3.29. The number of thiophene rings is 1. The predicted octanol–water partition coefficient (Wildman–Crippen LogP) is 2.95. The molecule has 1 aliphatic rings. The average Bonchev–Trinajstić information content (AvgIpc) is 3.28. The topological polar surface area (TPSA) is 84.5 Å². The van der Waals surface area contributed by atoms with Gasteiger partial charge in [0, 0.05) is 4.88 Å². The normalized spacial score (nSPS) is 13.5. The van der Waals surface area contributed by atoms with E-state index in [0.717, 1.165) is 35.8 Å². The van der Waals surface area contributed by atoms with Crippen LogP contribution < -0.4 is 10.6 Å². The van der Waals surface area contributed by atoms with Crippen molar-refractivity contribution in [3.63, 3.8) is 0 Å². The Morgan fingerprint density at radius 2 is 1.93 bits per heavy atom. The van der Waals surface area contributed by atoms with Gasteiger partial charge in [0.25, 0.3) is 5.91 Å². The highest BCUT2D eigenvalue weighted by Gasteiger charge is 2.24. The number of carbonyl (C=O) groups is 3. The van der Waals surface area contributed by atoms with Crippen molar-refractivity contribution in [1.82, 2.24) is 5.32 Å². The molecule has 0 saturated carbocycles. The van der Waals surface area contributed by atoms with Crippen LogP contribution in [0.1, 0.15) is 33.5 Å². The molecular weight excluding hydrogens is 409 g/mol. The fraction of sp³-hybridized carbons (Fsp3) is 0.316. The molecule has 0 aliphatic heterocycles. The Morgan fingerprint density at radius 1 is 1.17 bits per heavy atom. The van der Waals surface area contributed by atoms with Crippen LogP contribution in [0.25, 0.3) is 0 Å². The minimum Gasteiger partial charge on any atom is -0.448 e. The minimum absolute atomic E-state index is 0.418. The maximum Gasteiger partial charge on any atom is 0.349 e. The van der Waals surface area contributed by atoms with Gasteiger partial charge in [-0.2, -0.15) is 0 Å². The molecule has 0 saturated heterocycles.